The molecule has 0 fully saturated rings. The van der Waals surface area contributed by atoms with Crippen LogP contribution in [0.15, 0.2) is 48.5 Å². The monoisotopic (exact) mass is 287 g/mol. The van der Waals surface area contributed by atoms with Crippen molar-refractivity contribution in [2.24, 2.45) is 0 Å². The van der Waals surface area contributed by atoms with Crippen LogP contribution in [0.1, 0.15) is 5.56 Å². The molecular formula is C16H17NO2S. The molecule has 0 atom stereocenters. The van der Waals surface area contributed by atoms with Gasteiger partial charge in [0.15, 0.2) is 5.75 Å². The van der Waals surface area contributed by atoms with Gasteiger partial charge in [-0.1, -0.05) is 29.8 Å². The molecule has 0 unspecified atom stereocenters. The maximum Gasteiger partial charge on any atom is 0.234 e. The lowest BCUT2D eigenvalue weighted by molar-refractivity contribution is -0.113. The first kappa shape index (κ1) is 14.5. The van der Waals surface area contributed by atoms with Crippen LogP contribution in [-0.4, -0.2) is 17.9 Å². The van der Waals surface area contributed by atoms with Crippen molar-refractivity contribution in [2.45, 2.75) is 6.92 Å². The summed E-state index contributed by atoms with van der Waals surface area (Å²) >= 11 is 1.49. The number of carbonyl (C=O) groups excluding carboxylic acids is 1. The molecule has 1 amide bonds. The van der Waals surface area contributed by atoms with Crippen molar-refractivity contribution in [1.29, 1.82) is 0 Å². The van der Waals surface area contributed by atoms with E-state index >= 15 is 0 Å². The van der Waals surface area contributed by atoms with E-state index < -0.39 is 0 Å². The first-order valence-electron chi connectivity index (χ1n) is 6.31. The minimum absolute atomic E-state index is 0.0301. The third kappa shape index (κ3) is 4.03. The predicted octanol–water partition coefficient (Wildman–Crippen LogP) is 4.09. The number of aryl methyl sites for hydroxylation is 1. The highest BCUT2D eigenvalue weighted by Crippen LogP contribution is 2.29. The van der Waals surface area contributed by atoms with Gasteiger partial charge in [-0.2, -0.15) is 11.8 Å². The lowest BCUT2D eigenvalue weighted by atomic mass is 10.2. The third-order valence-electron chi connectivity index (χ3n) is 2.69. The van der Waals surface area contributed by atoms with Crippen LogP contribution in [-0.2, 0) is 4.79 Å². The Labute approximate surface area is 123 Å². The number of amides is 1. The molecule has 104 valence electrons. The number of benzene rings is 2. The molecule has 4 heteroatoms. The Bertz CT molecular complexity index is 581. The summed E-state index contributed by atoms with van der Waals surface area (Å²) in [6, 6.07) is 15.2. The number of anilines is 1. The zero-order valence-electron chi connectivity index (χ0n) is 11.6. The average Bonchev–Trinajstić information content (AvgIpc) is 2.44. The number of hydrogen-bond donors (Lipinski definition) is 1. The Hall–Kier alpha value is -1.94. The van der Waals surface area contributed by atoms with Crippen molar-refractivity contribution in [3.63, 3.8) is 0 Å². The summed E-state index contributed by atoms with van der Waals surface area (Å²) in [5.74, 6) is 1.80. The van der Waals surface area contributed by atoms with Gasteiger partial charge in [-0.25, -0.2) is 0 Å². The van der Waals surface area contributed by atoms with E-state index in [1.54, 1.807) is 0 Å². The van der Waals surface area contributed by atoms with E-state index in [1.165, 1.54) is 17.3 Å². The Morgan fingerprint density at radius 3 is 2.55 bits per heavy atom. The number of nitrogens with one attached hydrogen (secondary N) is 1. The highest BCUT2D eigenvalue weighted by atomic mass is 32.2. The van der Waals surface area contributed by atoms with Crippen LogP contribution in [0.5, 0.6) is 11.5 Å². The van der Waals surface area contributed by atoms with Gasteiger partial charge in [0.2, 0.25) is 5.91 Å². The maximum absolute atomic E-state index is 11.7. The van der Waals surface area contributed by atoms with Crippen LogP contribution in [0, 0.1) is 6.92 Å². The summed E-state index contributed by atoms with van der Waals surface area (Å²) in [6.45, 7) is 2.03. The zero-order chi connectivity index (χ0) is 14.4. The van der Waals surface area contributed by atoms with Crippen molar-refractivity contribution in [3.05, 3.63) is 54.1 Å². The third-order valence-corrected chi connectivity index (χ3v) is 3.24. The van der Waals surface area contributed by atoms with Gasteiger partial charge in [-0.15, -0.1) is 0 Å². The first-order valence-corrected chi connectivity index (χ1v) is 7.71. The molecule has 0 aliphatic heterocycles. The fourth-order valence-corrected chi connectivity index (χ4v) is 2.04. The SMILES string of the molecule is CSCC(=O)Nc1ccccc1Oc1ccc(C)cc1. The Morgan fingerprint density at radius 1 is 1.15 bits per heavy atom. The molecule has 2 aromatic rings. The van der Waals surface area contributed by atoms with E-state index in [1.807, 2.05) is 61.7 Å². The molecule has 0 saturated carbocycles. The second-order valence-electron chi connectivity index (χ2n) is 4.39. The summed E-state index contributed by atoms with van der Waals surface area (Å²) in [5, 5.41) is 2.86. The van der Waals surface area contributed by atoms with Crippen molar-refractivity contribution in [3.8, 4) is 11.5 Å². The topological polar surface area (TPSA) is 38.3 Å². The van der Waals surface area contributed by atoms with E-state index in [2.05, 4.69) is 5.32 Å². The van der Waals surface area contributed by atoms with E-state index in [4.69, 9.17) is 4.74 Å². The number of rotatable bonds is 5. The smallest absolute Gasteiger partial charge is 0.234 e. The lowest BCUT2D eigenvalue weighted by Gasteiger charge is -2.12. The summed E-state index contributed by atoms with van der Waals surface area (Å²) in [6.07, 6.45) is 1.90. The molecule has 0 saturated heterocycles. The summed E-state index contributed by atoms with van der Waals surface area (Å²) < 4.78 is 5.82. The molecular weight excluding hydrogens is 270 g/mol. The van der Waals surface area contributed by atoms with Gasteiger partial charge < -0.3 is 10.1 Å². The van der Waals surface area contributed by atoms with E-state index in [-0.39, 0.29) is 5.91 Å². The molecule has 2 rings (SSSR count). The average molecular weight is 287 g/mol. The van der Waals surface area contributed by atoms with E-state index in [0.717, 1.165) is 5.75 Å². The van der Waals surface area contributed by atoms with Gasteiger partial charge in [-0.3, -0.25) is 4.79 Å². The fraction of sp³-hybridized carbons (Fsp3) is 0.188. The minimum atomic E-state index is -0.0301. The number of ether oxygens (including phenoxy) is 1. The van der Waals surface area contributed by atoms with E-state index in [9.17, 15) is 4.79 Å². The standard InChI is InChI=1S/C16H17NO2S/c1-12-7-9-13(10-8-12)19-15-6-4-3-5-14(15)17-16(18)11-20-2/h3-10H,11H2,1-2H3,(H,17,18). The van der Waals surface area contributed by atoms with Gasteiger partial charge in [0.25, 0.3) is 0 Å². The second kappa shape index (κ2) is 7.01. The van der Waals surface area contributed by atoms with Gasteiger partial charge >= 0.3 is 0 Å². The van der Waals surface area contributed by atoms with Crippen LogP contribution < -0.4 is 10.1 Å². The van der Waals surface area contributed by atoms with Crippen LogP contribution in [0.4, 0.5) is 5.69 Å². The molecule has 0 radical (unpaired) electrons. The van der Waals surface area contributed by atoms with Crippen LogP contribution in [0.2, 0.25) is 0 Å². The maximum atomic E-state index is 11.7. The van der Waals surface area contributed by atoms with Gasteiger partial charge in [0.05, 0.1) is 11.4 Å². The number of thioether (sulfide) groups is 1. The first-order chi connectivity index (χ1) is 9.69. The predicted molar refractivity (Wildman–Crippen MR) is 84.7 cm³/mol. The molecule has 1 N–H and O–H groups in total. The molecule has 0 aromatic heterocycles. The summed E-state index contributed by atoms with van der Waals surface area (Å²) in [4.78, 5) is 11.7. The molecule has 0 aliphatic rings. The highest BCUT2D eigenvalue weighted by Gasteiger charge is 2.07. The highest BCUT2D eigenvalue weighted by molar-refractivity contribution is 7.99. The Balaban J connectivity index is 2.15. The van der Waals surface area contributed by atoms with Crippen molar-refractivity contribution in [1.82, 2.24) is 0 Å². The fourth-order valence-electron chi connectivity index (χ4n) is 1.71. The quantitative estimate of drug-likeness (QED) is 0.900. The van der Waals surface area contributed by atoms with Crippen molar-refractivity contribution >= 4 is 23.4 Å². The largest absolute Gasteiger partial charge is 0.455 e. The molecule has 0 aliphatic carbocycles. The number of carbonyl (C=O) groups is 1. The number of para-hydroxylation sites is 2. The molecule has 0 bridgehead atoms. The molecule has 0 heterocycles. The van der Waals surface area contributed by atoms with Gasteiger partial charge in [0, 0.05) is 0 Å². The Kier molecular flexibility index (Phi) is 5.07. The lowest BCUT2D eigenvalue weighted by Crippen LogP contribution is -2.14. The van der Waals surface area contributed by atoms with Crippen LogP contribution in [0.3, 0.4) is 0 Å². The number of hydrogen-bond acceptors (Lipinski definition) is 3. The van der Waals surface area contributed by atoms with Gasteiger partial charge in [0.1, 0.15) is 5.75 Å². The second-order valence-corrected chi connectivity index (χ2v) is 5.26. The normalized spacial score (nSPS) is 10.1. The molecule has 0 spiro atoms. The summed E-state index contributed by atoms with van der Waals surface area (Å²) in [7, 11) is 0. The van der Waals surface area contributed by atoms with Crippen molar-refractivity contribution < 1.29 is 9.53 Å². The minimum Gasteiger partial charge on any atom is -0.455 e. The summed E-state index contributed by atoms with van der Waals surface area (Å²) in [5.41, 5.74) is 1.87. The molecule has 3 nitrogen and oxygen atoms in total. The van der Waals surface area contributed by atoms with Gasteiger partial charge in [-0.05, 0) is 37.4 Å². The Morgan fingerprint density at radius 2 is 1.85 bits per heavy atom. The molecule has 2 aromatic carbocycles. The zero-order valence-corrected chi connectivity index (χ0v) is 12.4. The van der Waals surface area contributed by atoms with Crippen LogP contribution >= 0.6 is 11.8 Å². The van der Waals surface area contributed by atoms with Crippen molar-refractivity contribution in [2.75, 3.05) is 17.3 Å². The van der Waals surface area contributed by atoms with E-state index in [0.29, 0.717) is 17.2 Å². The molecule has 20 heavy (non-hydrogen) atoms. The van der Waals surface area contributed by atoms with Crippen LogP contribution in [0.25, 0.3) is 0 Å².